The van der Waals surface area contributed by atoms with E-state index in [1.54, 1.807) is 12.1 Å². The van der Waals surface area contributed by atoms with Crippen LogP contribution < -0.4 is 4.90 Å². The number of nitrogens with zero attached hydrogens (tertiary/aromatic N) is 1. The first-order valence-electron chi connectivity index (χ1n) is 7.33. The Morgan fingerprint density at radius 3 is 2.71 bits per heavy atom. The monoisotopic (exact) mass is 301 g/mol. The first-order valence-corrected chi connectivity index (χ1v) is 7.71. The molecule has 1 aliphatic heterocycles. The number of carbonyl (C=O) groups excluding carboxylic acids is 2. The highest BCUT2D eigenvalue weighted by Gasteiger charge is 2.60. The molecule has 1 aromatic rings. The maximum absolute atomic E-state index is 13.0. The molecule has 21 heavy (non-hydrogen) atoms. The lowest BCUT2D eigenvalue weighted by atomic mass is 9.74. The minimum absolute atomic E-state index is 0.0377. The predicted octanol–water partition coefficient (Wildman–Crippen LogP) is 3.49. The van der Waals surface area contributed by atoms with Gasteiger partial charge < -0.3 is 0 Å². The third kappa shape index (κ3) is 1.67. The normalized spacial score (nSPS) is 33.7. The maximum Gasteiger partial charge on any atom is 0.241 e. The fraction of sp³-hybridized carbons (Fsp3) is 0.412. The van der Waals surface area contributed by atoms with E-state index in [0.717, 1.165) is 18.4 Å². The first kappa shape index (κ1) is 13.1. The molecule has 0 unspecified atom stereocenters. The van der Waals surface area contributed by atoms with E-state index in [4.69, 9.17) is 11.6 Å². The lowest BCUT2D eigenvalue weighted by Crippen LogP contribution is -2.38. The summed E-state index contributed by atoms with van der Waals surface area (Å²) in [4.78, 5) is 26.8. The van der Waals surface area contributed by atoms with Gasteiger partial charge in [0.05, 0.1) is 11.1 Å². The average molecular weight is 302 g/mol. The van der Waals surface area contributed by atoms with Crippen LogP contribution in [0.4, 0.5) is 5.69 Å². The van der Waals surface area contributed by atoms with Crippen molar-refractivity contribution in [2.45, 2.75) is 26.2 Å². The van der Waals surface area contributed by atoms with Crippen molar-refractivity contribution in [2.24, 2.45) is 17.3 Å². The molecule has 108 valence electrons. The quantitative estimate of drug-likeness (QED) is 0.588. The second-order valence-corrected chi connectivity index (χ2v) is 6.90. The highest BCUT2D eigenvalue weighted by molar-refractivity contribution is 6.32. The van der Waals surface area contributed by atoms with Crippen molar-refractivity contribution >= 4 is 29.1 Å². The molecule has 2 amide bonds. The SMILES string of the molecule is Cc1ccc(N2C(=O)C[C@@]3(C[C@@H]4C=C[C@H]3C4)C2=O)cc1Cl. The predicted molar refractivity (Wildman–Crippen MR) is 81.1 cm³/mol. The summed E-state index contributed by atoms with van der Waals surface area (Å²) in [6.45, 7) is 1.90. The van der Waals surface area contributed by atoms with Crippen molar-refractivity contribution in [3.8, 4) is 0 Å². The molecule has 1 saturated carbocycles. The van der Waals surface area contributed by atoms with Crippen LogP contribution in [0.1, 0.15) is 24.8 Å². The zero-order valence-corrected chi connectivity index (χ0v) is 12.6. The number of imide groups is 1. The molecule has 1 aromatic carbocycles. The molecule has 3 nitrogen and oxygen atoms in total. The smallest absolute Gasteiger partial charge is 0.241 e. The summed E-state index contributed by atoms with van der Waals surface area (Å²) < 4.78 is 0. The highest BCUT2D eigenvalue weighted by Crippen LogP contribution is 2.57. The summed E-state index contributed by atoms with van der Waals surface area (Å²) in [5, 5.41) is 0.585. The van der Waals surface area contributed by atoms with Crippen molar-refractivity contribution in [3.05, 3.63) is 40.9 Å². The highest BCUT2D eigenvalue weighted by atomic mass is 35.5. The molecule has 0 N–H and O–H groups in total. The van der Waals surface area contributed by atoms with Crippen molar-refractivity contribution < 1.29 is 9.59 Å². The minimum Gasteiger partial charge on any atom is -0.274 e. The Morgan fingerprint density at radius 1 is 1.29 bits per heavy atom. The first-order chi connectivity index (χ1) is 10.0. The summed E-state index contributed by atoms with van der Waals surface area (Å²) in [6.07, 6.45) is 6.49. The Bertz CT molecular complexity index is 696. The van der Waals surface area contributed by atoms with Crippen LogP contribution in [0.3, 0.4) is 0 Å². The van der Waals surface area contributed by atoms with Gasteiger partial charge in [-0.25, -0.2) is 4.90 Å². The van der Waals surface area contributed by atoms with Crippen molar-refractivity contribution in [1.82, 2.24) is 0 Å². The van der Waals surface area contributed by atoms with Gasteiger partial charge in [0.1, 0.15) is 0 Å². The molecule has 1 spiro atoms. The second kappa shape index (κ2) is 4.20. The molecule has 4 heteroatoms. The fourth-order valence-corrected chi connectivity index (χ4v) is 4.32. The number of allylic oxidation sites excluding steroid dienone is 2. The van der Waals surface area contributed by atoms with E-state index in [0.29, 0.717) is 23.0 Å². The third-order valence-electron chi connectivity index (χ3n) is 5.27. The van der Waals surface area contributed by atoms with Crippen LogP contribution in [-0.4, -0.2) is 11.8 Å². The van der Waals surface area contributed by atoms with Gasteiger partial charge in [0.15, 0.2) is 0 Å². The van der Waals surface area contributed by atoms with Gasteiger partial charge >= 0.3 is 0 Å². The Morgan fingerprint density at radius 2 is 2.10 bits per heavy atom. The van der Waals surface area contributed by atoms with E-state index < -0.39 is 5.41 Å². The number of anilines is 1. The van der Waals surface area contributed by atoms with E-state index >= 15 is 0 Å². The fourth-order valence-electron chi connectivity index (χ4n) is 4.15. The van der Waals surface area contributed by atoms with Gasteiger partial charge in [-0.3, -0.25) is 9.59 Å². The lowest BCUT2D eigenvalue weighted by molar-refractivity contribution is -0.126. The molecule has 0 aromatic heterocycles. The van der Waals surface area contributed by atoms with Gasteiger partial charge in [-0.05, 0) is 49.3 Å². The number of rotatable bonds is 1. The van der Waals surface area contributed by atoms with Crippen molar-refractivity contribution in [3.63, 3.8) is 0 Å². The molecule has 2 fully saturated rings. The van der Waals surface area contributed by atoms with E-state index in [-0.39, 0.29) is 17.7 Å². The zero-order valence-electron chi connectivity index (χ0n) is 11.8. The number of halogens is 1. The van der Waals surface area contributed by atoms with E-state index in [1.165, 1.54) is 4.90 Å². The molecular weight excluding hydrogens is 286 g/mol. The summed E-state index contributed by atoms with van der Waals surface area (Å²) in [5.74, 6) is 0.559. The number of aryl methyl sites for hydroxylation is 1. The van der Waals surface area contributed by atoms with Crippen LogP contribution in [0.25, 0.3) is 0 Å². The van der Waals surface area contributed by atoms with Crippen LogP contribution in [0, 0.1) is 24.2 Å². The van der Waals surface area contributed by atoms with E-state index in [1.807, 2.05) is 13.0 Å². The Balaban J connectivity index is 1.74. The molecule has 2 aliphatic carbocycles. The van der Waals surface area contributed by atoms with Gasteiger partial charge in [0.25, 0.3) is 0 Å². The zero-order chi connectivity index (χ0) is 14.8. The van der Waals surface area contributed by atoms with Gasteiger partial charge in [-0.15, -0.1) is 0 Å². The van der Waals surface area contributed by atoms with Crippen molar-refractivity contribution in [2.75, 3.05) is 4.90 Å². The molecule has 3 atom stereocenters. The third-order valence-corrected chi connectivity index (χ3v) is 5.67. The van der Waals surface area contributed by atoms with E-state index in [2.05, 4.69) is 12.2 Å². The molecule has 1 saturated heterocycles. The molecule has 1 heterocycles. The number of hydrogen-bond acceptors (Lipinski definition) is 2. The molecule has 0 radical (unpaired) electrons. The number of carbonyl (C=O) groups is 2. The van der Waals surface area contributed by atoms with Crippen LogP contribution in [0.15, 0.2) is 30.4 Å². The van der Waals surface area contributed by atoms with Gasteiger partial charge in [-0.1, -0.05) is 29.8 Å². The van der Waals surface area contributed by atoms with Gasteiger partial charge in [0, 0.05) is 11.4 Å². The Labute approximate surface area is 128 Å². The second-order valence-electron chi connectivity index (χ2n) is 6.49. The molecule has 4 rings (SSSR count). The average Bonchev–Trinajstić information content (AvgIpc) is 3.09. The number of fused-ring (bicyclic) bond motifs is 3. The van der Waals surface area contributed by atoms with Crippen LogP contribution in [0.2, 0.25) is 5.02 Å². The Hall–Kier alpha value is -1.61. The summed E-state index contributed by atoms with van der Waals surface area (Å²) >= 11 is 6.14. The van der Waals surface area contributed by atoms with Crippen LogP contribution in [0.5, 0.6) is 0 Å². The number of hydrogen-bond donors (Lipinski definition) is 0. The van der Waals surface area contributed by atoms with Gasteiger partial charge in [-0.2, -0.15) is 0 Å². The lowest BCUT2D eigenvalue weighted by Gasteiger charge is -2.28. The topological polar surface area (TPSA) is 37.4 Å². The summed E-state index contributed by atoms with van der Waals surface area (Å²) in [7, 11) is 0. The molecule has 2 bridgehead atoms. The van der Waals surface area contributed by atoms with Gasteiger partial charge in [0.2, 0.25) is 11.8 Å². The maximum atomic E-state index is 13.0. The van der Waals surface area contributed by atoms with Crippen LogP contribution in [-0.2, 0) is 9.59 Å². The Kier molecular flexibility index (Phi) is 2.62. The molecule has 3 aliphatic rings. The van der Waals surface area contributed by atoms with E-state index in [9.17, 15) is 9.59 Å². The number of amides is 2. The molecular formula is C17H16ClNO2. The van der Waals surface area contributed by atoms with Crippen molar-refractivity contribution in [1.29, 1.82) is 0 Å². The minimum atomic E-state index is -0.492. The van der Waals surface area contributed by atoms with Crippen LogP contribution >= 0.6 is 11.6 Å². The standard InChI is InChI=1S/C17H16ClNO2/c1-10-2-5-13(7-14(10)18)19-15(20)9-17(16(19)21)8-11-3-4-12(17)6-11/h2-5,7,11-12H,6,8-9H2,1H3/t11-,12+,17-/m1/s1. The number of benzene rings is 1. The summed E-state index contributed by atoms with van der Waals surface area (Å²) in [5.41, 5.74) is 1.05. The summed E-state index contributed by atoms with van der Waals surface area (Å²) in [6, 6.07) is 5.37. The largest absolute Gasteiger partial charge is 0.274 e.